The van der Waals surface area contributed by atoms with Gasteiger partial charge in [-0.25, -0.2) is 18.7 Å². The van der Waals surface area contributed by atoms with Crippen LogP contribution in [0.2, 0.25) is 0 Å². The van der Waals surface area contributed by atoms with Gasteiger partial charge in [-0.05, 0) is 75.0 Å². The zero-order chi connectivity index (χ0) is 20.1. The lowest BCUT2D eigenvalue weighted by molar-refractivity contribution is -0.130. The topological polar surface area (TPSA) is 58.6 Å². The van der Waals surface area contributed by atoms with Crippen LogP contribution < -0.4 is 0 Å². The first-order valence-electron chi connectivity index (χ1n) is 10.3. The van der Waals surface area contributed by atoms with E-state index >= 15 is 0 Å². The third kappa shape index (κ3) is 3.15. The maximum absolute atomic E-state index is 14.7. The molecular formula is C23H23F2N3O. The number of nitrogens with one attached hydrogen (secondary N) is 1. The summed E-state index contributed by atoms with van der Waals surface area (Å²) in [4.78, 5) is 24.0. The number of aromatic nitrogens is 3. The molecule has 2 atom stereocenters. The van der Waals surface area contributed by atoms with Gasteiger partial charge in [0.1, 0.15) is 23.1 Å². The predicted molar refractivity (Wildman–Crippen MR) is 106 cm³/mol. The van der Waals surface area contributed by atoms with Crippen LogP contribution in [0.5, 0.6) is 0 Å². The molecule has 3 saturated carbocycles. The van der Waals surface area contributed by atoms with Crippen molar-refractivity contribution in [1.29, 1.82) is 0 Å². The Morgan fingerprint density at radius 2 is 1.93 bits per heavy atom. The van der Waals surface area contributed by atoms with Crippen molar-refractivity contribution in [2.24, 2.45) is 23.7 Å². The minimum Gasteiger partial charge on any atom is -0.345 e. The number of fused-ring (bicyclic) bond motifs is 4. The maximum atomic E-state index is 14.7. The summed E-state index contributed by atoms with van der Waals surface area (Å²) in [6.07, 6.45) is 7.81. The standard InChI is InChI=1S/C23H23F2N3O/c1-12(29)22-14-4-2-13(3-5-14)16(22)9-21-19(25)6-7-20(28-21)18-11-27-23-17(18)8-15(24)10-26-23/h6-8,10-11,13-14,16,22H,2-5,9H2,1H3,(H,26,27)/t13?,14?,16-,22-/m0/s1. The van der Waals surface area contributed by atoms with Gasteiger partial charge in [-0.2, -0.15) is 0 Å². The summed E-state index contributed by atoms with van der Waals surface area (Å²) in [5.41, 5.74) is 2.24. The third-order valence-electron chi connectivity index (χ3n) is 6.98. The quantitative estimate of drug-likeness (QED) is 0.670. The number of carbonyl (C=O) groups is 1. The lowest BCUT2D eigenvalue weighted by atomic mass is 9.56. The van der Waals surface area contributed by atoms with Gasteiger partial charge >= 0.3 is 0 Å². The van der Waals surface area contributed by atoms with Crippen LogP contribution >= 0.6 is 0 Å². The zero-order valence-corrected chi connectivity index (χ0v) is 16.3. The summed E-state index contributed by atoms with van der Waals surface area (Å²) in [5.74, 6) is 0.503. The number of rotatable bonds is 4. The Hall–Kier alpha value is -2.63. The largest absolute Gasteiger partial charge is 0.345 e. The van der Waals surface area contributed by atoms with Gasteiger partial charge in [0.2, 0.25) is 0 Å². The molecule has 3 aliphatic rings. The van der Waals surface area contributed by atoms with Gasteiger partial charge < -0.3 is 4.98 Å². The van der Waals surface area contributed by atoms with Crippen LogP contribution in [0, 0.1) is 35.3 Å². The molecule has 0 unspecified atom stereocenters. The molecule has 6 rings (SSSR count). The van der Waals surface area contributed by atoms with Crippen LogP contribution in [0.15, 0.2) is 30.6 Å². The number of H-pyrrole nitrogens is 1. The molecule has 3 aromatic heterocycles. The zero-order valence-electron chi connectivity index (χ0n) is 16.3. The average Bonchev–Trinajstić information content (AvgIpc) is 3.13. The van der Waals surface area contributed by atoms with E-state index in [4.69, 9.17) is 0 Å². The van der Waals surface area contributed by atoms with Gasteiger partial charge in [-0.3, -0.25) is 4.79 Å². The Kier molecular flexibility index (Phi) is 4.45. The van der Waals surface area contributed by atoms with E-state index in [-0.39, 0.29) is 23.4 Å². The van der Waals surface area contributed by atoms with Crippen molar-refractivity contribution in [2.45, 2.75) is 39.0 Å². The van der Waals surface area contributed by atoms with Crippen molar-refractivity contribution >= 4 is 16.8 Å². The molecule has 4 nitrogen and oxygen atoms in total. The first kappa shape index (κ1) is 18.4. The first-order chi connectivity index (χ1) is 14.0. The van der Waals surface area contributed by atoms with Gasteiger partial charge in [0, 0.05) is 23.1 Å². The summed E-state index contributed by atoms with van der Waals surface area (Å²) in [6.45, 7) is 1.67. The Labute approximate surface area is 167 Å². The van der Waals surface area contributed by atoms with Gasteiger partial charge in [0.25, 0.3) is 0 Å². The van der Waals surface area contributed by atoms with Gasteiger partial charge in [0.05, 0.1) is 17.6 Å². The molecule has 29 heavy (non-hydrogen) atoms. The van der Waals surface area contributed by atoms with E-state index < -0.39 is 5.82 Å². The summed E-state index contributed by atoms with van der Waals surface area (Å²) >= 11 is 0. The van der Waals surface area contributed by atoms with E-state index in [1.54, 1.807) is 19.2 Å². The molecule has 0 aromatic carbocycles. The van der Waals surface area contributed by atoms with E-state index in [2.05, 4.69) is 15.0 Å². The second-order valence-electron chi connectivity index (χ2n) is 8.56. The Morgan fingerprint density at radius 1 is 1.17 bits per heavy atom. The van der Waals surface area contributed by atoms with E-state index in [1.807, 2.05) is 0 Å². The van der Waals surface area contributed by atoms with Gasteiger partial charge in [0.15, 0.2) is 0 Å². The van der Waals surface area contributed by atoms with Crippen LogP contribution in [0.1, 0.15) is 38.3 Å². The fraction of sp³-hybridized carbons (Fsp3) is 0.435. The highest BCUT2D eigenvalue weighted by Gasteiger charge is 2.45. The highest BCUT2D eigenvalue weighted by molar-refractivity contribution is 5.92. The molecule has 150 valence electrons. The number of carbonyl (C=O) groups excluding carboxylic acids is 1. The first-order valence-corrected chi connectivity index (χ1v) is 10.3. The number of Topliss-reactive ketones (excluding diaryl/α,β-unsaturated/α-hetero) is 1. The normalized spacial score (nSPS) is 26.2. The van der Waals surface area contributed by atoms with E-state index in [1.165, 1.54) is 12.1 Å². The number of halogens is 2. The second-order valence-corrected chi connectivity index (χ2v) is 8.56. The van der Waals surface area contributed by atoms with Crippen molar-refractivity contribution in [3.8, 4) is 11.3 Å². The fourth-order valence-corrected chi connectivity index (χ4v) is 5.69. The fourth-order valence-electron chi connectivity index (χ4n) is 5.69. The van der Waals surface area contributed by atoms with E-state index in [0.717, 1.165) is 31.9 Å². The van der Waals surface area contributed by atoms with Crippen LogP contribution in [-0.2, 0) is 11.2 Å². The summed E-state index contributed by atoms with van der Waals surface area (Å²) in [5, 5.41) is 0.619. The highest BCUT2D eigenvalue weighted by atomic mass is 19.1. The van der Waals surface area contributed by atoms with E-state index in [0.29, 0.717) is 46.2 Å². The Morgan fingerprint density at radius 3 is 2.69 bits per heavy atom. The maximum Gasteiger partial charge on any atom is 0.144 e. The molecular weight excluding hydrogens is 372 g/mol. The monoisotopic (exact) mass is 395 g/mol. The second kappa shape index (κ2) is 7.01. The highest BCUT2D eigenvalue weighted by Crippen LogP contribution is 2.50. The number of nitrogens with zero attached hydrogens (tertiary/aromatic N) is 2. The van der Waals surface area contributed by atoms with Crippen LogP contribution in [0.3, 0.4) is 0 Å². The van der Waals surface area contributed by atoms with Crippen LogP contribution in [0.4, 0.5) is 8.78 Å². The van der Waals surface area contributed by atoms with Crippen molar-refractivity contribution < 1.29 is 13.6 Å². The summed E-state index contributed by atoms with van der Waals surface area (Å²) < 4.78 is 28.4. The molecule has 1 N–H and O–H groups in total. The number of aromatic amines is 1. The molecule has 2 bridgehead atoms. The van der Waals surface area contributed by atoms with Crippen molar-refractivity contribution in [3.05, 3.63) is 47.9 Å². The molecule has 0 aliphatic heterocycles. The molecule has 0 radical (unpaired) electrons. The SMILES string of the molecule is CC(=O)[C@H]1C2CCC(CC2)[C@@H]1Cc1nc(-c2c[nH]c3ncc(F)cc23)ccc1F. The van der Waals surface area contributed by atoms with Crippen LogP contribution in [-0.4, -0.2) is 20.7 Å². The lowest BCUT2D eigenvalue weighted by Crippen LogP contribution is -2.44. The Bertz CT molecular complexity index is 1080. The van der Waals surface area contributed by atoms with Crippen molar-refractivity contribution in [2.75, 3.05) is 0 Å². The van der Waals surface area contributed by atoms with Gasteiger partial charge in [-0.1, -0.05) is 0 Å². The number of pyridine rings is 2. The van der Waals surface area contributed by atoms with E-state index in [9.17, 15) is 13.6 Å². The smallest absolute Gasteiger partial charge is 0.144 e. The average molecular weight is 395 g/mol. The summed E-state index contributed by atoms with van der Waals surface area (Å²) in [6, 6.07) is 4.44. The van der Waals surface area contributed by atoms with Crippen LogP contribution in [0.25, 0.3) is 22.3 Å². The molecule has 0 amide bonds. The predicted octanol–water partition coefficient (Wildman–Crippen LogP) is 5.09. The molecule has 3 heterocycles. The lowest BCUT2D eigenvalue weighted by Gasteiger charge is -2.47. The number of hydrogen-bond acceptors (Lipinski definition) is 3. The molecule has 0 saturated heterocycles. The minimum atomic E-state index is -0.428. The molecule has 6 heteroatoms. The number of ketones is 1. The molecule has 3 aliphatic carbocycles. The molecule has 3 aromatic rings. The number of hydrogen-bond donors (Lipinski definition) is 1. The van der Waals surface area contributed by atoms with Crippen molar-refractivity contribution in [3.63, 3.8) is 0 Å². The third-order valence-corrected chi connectivity index (χ3v) is 6.98. The van der Waals surface area contributed by atoms with Crippen molar-refractivity contribution in [1.82, 2.24) is 15.0 Å². The Balaban J connectivity index is 1.51. The molecule has 0 spiro atoms. The van der Waals surface area contributed by atoms with Gasteiger partial charge in [-0.15, -0.1) is 0 Å². The molecule has 3 fully saturated rings. The minimum absolute atomic E-state index is 0.0127. The summed E-state index contributed by atoms with van der Waals surface area (Å²) in [7, 11) is 0.